The van der Waals surface area contributed by atoms with Crippen LogP contribution in [0.3, 0.4) is 0 Å². The van der Waals surface area contributed by atoms with Gasteiger partial charge in [0, 0.05) is 31.9 Å². The normalized spacial score (nSPS) is 15.3. The Morgan fingerprint density at radius 3 is 2.73 bits per heavy atom. The minimum absolute atomic E-state index is 0.0947. The molecule has 134 valence electrons. The fourth-order valence-electron chi connectivity index (χ4n) is 3.23. The second-order valence-electron chi connectivity index (χ2n) is 6.44. The molecule has 0 spiro atoms. The average Bonchev–Trinajstić information content (AvgIpc) is 3.19. The first kappa shape index (κ1) is 16.4. The highest BCUT2D eigenvalue weighted by molar-refractivity contribution is 5.37. The molecule has 0 radical (unpaired) electrons. The Hall–Kier alpha value is -3.10. The second kappa shape index (κ2) is 7.03. The maximum Gasteiger partial charge on any atom is 0.266 e. The van der Waals surface area contributed by atoms with Crippen LogP contribution in [-0.2, 0) is 6.54 Å². The summed E-state index contributed by atoms with van der Waals surface area (Å²) < 4.78 is 3.09. The molecular weight excluding hydrogens is 332 g/mol. The van der Waals surface area contributed by atoms with Crippen LogP contribution in [0, 0.1) is 12.8 Å². The third kappa shape index (κ3) is 3.46. The van der Waals surface area contributed by atoms with Crippen molar-refractivity contribution in [1.29, 1.82) is 0 Å². The number of aryl methyl sites for hydroxylation is 1. The molecular formula is C17H20N8O. The number of aromatic nitrogens is 7. The van der Waals surface area contributed by atoms with Crippen LogP contribution in [-0.4, -0.2) is 47.6 Å². The van der Waals surface area contributed by atoms with Crippen LogP contribution in [0.25, 0.3) is 5.82 Å². The number of rotatable bonds is 4. The number of piperidine rings is 1. The monoisotopic (exact) mass is 352 g/mol. The quantitative estimate of drug-likeness (QED) is 0.686. The van der Waals surface area contributed by atoms with Crippen molar-refractivity contribution in [3.8, 4) is 5.82 Å². The first-order chi connectivity index (χ1) is 12.7. The van der Waals surface area contributed by atoms with Crippen molar-refractivity contribution < 1.29 is 0 Å². The van der Waals surface area contributed by atoms with Gasteiger partial charge in [-0.2, -0.15) is 5.10 Å². The maximum atomic E-state index is 12.2. The van der Waals surface area contributed by atoms with Crippen LogP contribution in [0.15, 0.2) is 41.8 Å². The van der Waals surface area contributed by atoms with Gasteiger partial charge in [-0.15, -0.1) is 5.10 Å². The molecule has 26 heavy (non-hydrogen) atoms. The molecule has 9 heteroatoms. The molecule has 0 saturated carbocycles. The minimum atomic E-state index is -0.0947. The molecule has 1 saturated heterocycles. The Balaban J connectivity index is 1.43. The summed E-state index contributed by atoms with van der Waals surface area (Å²) in [5.41, 5.74) is -0.0947. The lowest BCUT2D eigenvalue weighted by Crippen LogP contribution is -2.37. The van der Waals surface area contributed by atoms with Gasteiger partial charge >= 0.3 is 0 Å². The van der Waals surface area contributed by atoms with Gasteiger partial charge in [-0.1, -0.05) is 0 Å². The lowest BCUT2D eigenvalue weighted by Gasteiger charge is -2.32. The Morgan fingerprint density at radius 2 is 2.00 bits per heavy atom. The van der Waals surface area contributed by atoms with Crippen LogP contribution in [0.5, 0.6) is 0 Å². The van der Waals surface area contributed by atoms with E-state index >= 15 is 0 Å². The third-order valence-electron chi connectivity index (χ3n) is 4.64. The smallest absolute Gasteiger partial charge is 0.266 e. The Morgan fingerprint density at radius 1 is 1.15 bits per heavy atom. The molecule has 0 unspecified atom stereocenters. The van der Waals surface area contributed by atoms with Gasteiger partial charge in [0.05, 0.1) is 0 Å². The molecule has 4 heterocycles. The van der Waals surface area contributed by atoms with E-state index < -0.39 is 0 Å². The highest BCUT2D eigenvalue weighted by Crippen LogP contribution is 2.22. The summed E-state index contributed by atoms with van der Waals surface area (Å²) in [4.78, 5) is 27.0. The maximum absolute atomic E-state index is 12.2. The molecule has 4 rings (SSSR count). The van der Waals surface area contributed by atoms with Crippen molar-refractivity contribution in [2.24, 2.45) is 5.92 Å². The van der Waals surface area contributed by atoms with E-state index in [0.717, 1.165) is 37.6 Å². The van der Waals surface area contributed by atoms with E-state index in [2.05, 4.69) is 30.0 Å². The molecule has 3 aromatic heterocycles. The van der Waals surface area contributed by atoms with Crippen molar-refractivity contribution in [2.75, 3.05) is 18.0 Å². The summed E-state index contributed by atoms with van der Waals surface area (Å²) in [5, 5.41) is 8.49. The zero-order valence-electron chi connectivity index (χ0n) is 14.6. The summed E-state index contributed by atoms with van der Waals surface area (Å²) in [6, 6.07) is 5.14. The van der Waals surface area contributed by atoms with Gasteiger partial charge in [-0.05, 0) is 37.8 Å². The molecule has 3 aromatic rings. The van der Waals surface area contributed by atoms with E-state index in [4.69, 9.17) is 0 Å². The molecule has 9 nitrogen and oxygen atoms in total. The topological polar surface area (TPSA) is 94.6 Å². The predicted octanol–water partition coefficient (Wildman–Crippen LogP) is 0.839. The number of hydrogen-bond donors (Lipinski definition) is 0. The fourth-order valence-corrected chi connectivity index (χ4v) is 3.23. The van der Waals surface area contributed by atoms with E-state index in [1.54, 1.807) is 23.3 Å². The lowest BCUT2D eigenvalue weighted by atomic mass is 9.97. The van der Waals surface area contributed by atoms with Crippen molar-refractivity contribution in [3.63, 3.8) is 0 Å². The van der Waals surface area contributed by atoms with Crippen molar-refractivity contribution in [1.82, 2.24) is 34.5 Å². The third-order valence-corrected chi connectivity index (χ3v) is 4.64. The Labute approximate surface area is 150 Å². The zero-order valence-corrected chi connectivity index (χ0v) is 14.6. The first-order valence-electron chi connectivity index (χ1n) is 8.67. The highest BCUT2D eigenvalue weighted by Gasteiger charge is 2.21. The van der Waals surface area contributed by atoms with E-state index in [1.807, 2.05) is 13.0 Å². The van der Waals surface area contributed by atoms with Crippen molar-refractivity contribution in [2.45, 2.75) is 26.3 Å². The second-order valence-corrected chi connectivity index (χ2v) is 6.44. The number of anilines is 1. The van der Waals surface area contributed by atoms with Crippen LogP contribution in [0.1, 0.15) is 18.7 Å². The molecule has 1 aliphatic rings. The Bertz CT molecular complexity index is 928. The van der Waals surface area contributed by atoms with Crippen LogP contribution in [0.2, 0.25) is 0 Å². The minimum Gasteiger partial charge on any atom is -0.356 e. The fraction of sp³-hybridized carbons (Fsp3) is 0.412. The van der Waals surface area contributed by atoms with E-state index in [9.17, 15) is 4.79 Å². The van der Waals surface area contributed by atoms with Gasteiger partial charge in [0.1, 0.15) is 24.3 Å². The summed E-state index contributed by atoms with van der Waals surface area (Å²) in [7, 11) is 0. The number of nitrogens with zero attached hydrogens (tertiary/aromatic N) is 8. The standard InChI is InChI=1S/C17H20N8O/c1-13-19-7-4-15(21-13)23-8-5-14(6-9-23)10-24-17(26)3-2-16(22-24)25-12-18-11-20-25/h2-4,7,11-12,14H,5-6,8-10H2,1H3. The largest absolute Gasteiger partial charge is 0.356 e. The van der Waals surface area contributed by atoms with Gasteiger partial charge < -0.3 is 4.90 Å². The van der Waals surface area contributed by atoms with Crippen LogP contribution >= 0.6 is 0 Å². The van der Waals surface area contributed by atoms with Gasteiger partial charge in [-0.3, -0.25) is 4.79 Å². The molecule has 0 bridgehead atoms. The summed E-state index contributed by atoms with van der Waals surface area (Å²) >= 11 is 0. The van der Waals surface area contributed by atoms with Gasteiger partial charge in [0.2, 0.25) is 0 Å². The van der Waals surface area contributed by atoms with Crippen molar-refractivity contribution in [3.05, 3.63) is 53.2 Å². The Kier molecular flexibility index (Phi) is 4.42. The molecule has 0 amide bonds. The SMILES string of the molecule is Cc1nccc(N2CCC(Cn3nc(-n4cncn4)ccc3=O)CC2)n1. The number of hydrogen-bond acceptors (Lipinski definition) is 7. The predicted molar refractivity (Wildman–Crippen MR) is 95.1 cm³/mol. The van der Waals surface area contributed by atoms with E-state index in [-0.39, 0.29) is 5.56 Å². The molecule has 1 aliphatic heterocycles. The zero-order chi connectivity index (χ0) is 17.9. The van der Waals surface area contributed by atoms with E-state index in [0.29, 0.717) is 18.3 Å². The van der Waals surface area contributed by atoms with Gasteiger partial charge in [0.15, 0.2) is 5.82 Å². The van der Waals surface area contributed by atoms with Crippen LogP contribution in [0.4, 0.5) is 5.82 Å². The molecule has 1 fully saturated rings. The van der Waals surface area contributed by atoms with Gasteiger partial charge in [-0.25, -0.2) is 24.3 Å². The van der Waals surface area contributed by atoms with Crippen LogP contribution < -0.4 is 10.5 Å². The molecule has 0 atom stereocenters. The summed E-state index contributed by atoms with van der Waals surface area (Å²) in [6.45, 7) is 4.34. The average molecular weight is 352 g/mol. The van der Waals surface area contributed by atoms with Crippen molar-refractivity contribution >= 4 is 5.82 Å². The molecule has 0 aliphatic carbocycles. The van der Waals surface area contributed by atoms with Gasteiger partial charge in [0.25, 0.3) is 5.56 Å². The summed E-state index contributed by atoms with van der Waals surface area (Å²) in [5.74, 6) is 2.76. The molecule has 0 aromatic carbocycles. The lowest BCUT2D eigenvalue weighted by molar-refractivity contribution is 0.333. The highest BCUT2D eigenvalue weighted by atomic mass is 16.1. The molecule has 0 N–H and O–H groups in total. The van der Waals surface area contributed by atoms with E-state index in [1.165, 1.54) is 17.1 Å². The summed E-state index contributed by atoms with van der Waals surface area (Å²) in [6.07, 6.45) is 6.79. The first-order valence-corrected chi connectivity index (χ1v) is 8.67.